The highest BCUT2D eigenvalue weighted by Crippen LogP contribution is 2.41. The predicted molar refractivity (Wildman–Crippen MR) is 148 cm³/mol. The van der Waals surface area contributed by atoms with Crippen molar-refractivity contribution in [3.63, 3.8) is 0 Å². The van der Waals surface area contributed by atoms with Gasteiger partial charge in [0.1, 0.15) is 23.0 Å². The average Bonchev–Trinajstić information content (AvgIpc) is 2.94. The average molecular weight is 482 g/mol. The Hall–Kier alpha value is -3.50. The van der Waals surface area contributed by atoms with E-state index in [9.17, 15) is 0 Å². The van der Waals surface area contributed by atoms with Crippen LogP contribution in [0.5, 0.6) is 23.0 Å². The van der Waals surface area contributed by atoms with Gasteiger partial charge in [-0.25, -0.2) is 0 Å². The van der Waals surface area contributed by atoms with Crippen molar-refractivity contribution in [3.05, 3.63) is 84.4 Å². The lowest BCUT2D eigenvalue weighted by atomic mass is 9.98. The summed E-state index contributed by atoms with van der Waals surface area (Å²) in [7, 11) is 3.38. The van der Waals surface area contributed by atoms with Crippen LogP contribution in [0.4, 0.5) is 0 Å². The molecule has 0 bridgehead atoms. The first-order chi connectivity index (χ1) is 17.6. The highest BCUT2D eigenvalue weighted by Gasteiger charge is 2.16. The molecule has 4 nitrogen and oxygen atoms in total. The molecule has 1 fully saturated rings. The van der Waals surface area contributed by atoms with Crippen LogP contribution in [-0.4, -0.2) is 38.8 Å². The monoisotopic (exact) mass is 481 g/mol. The third-order valence-corrected chi connectivity index (χ3v) is 7.23. The fourth-order valence-corrected chi connectivity index (χ4v) is 5.13. The second-order valence-corrected chi connectivity index (χ2v) is 9.69. The molecule has 186 valence electrons. The third kappa shape index (κ3) is 5.34. The number of ether oxygens (including phenoxy) is 3. The van der Waals surface area contributed by atoms with E-state index in [0.717, 1.165) is 51.4 Å². The van der Waals surface area contributed by atoms with E-state index in [-0.39, 0.29) is 0 Å². The van der Waals surface area contributed by atoms with E-state index in [1.165, 1.54) is 37.9 Å². The van der Waals surface area contributed by atoms with Gasteiger partial charge < -0.3 is 19.1 Å². The molecule has 1 unspecified atom stereocenters. The molecule has 4 aromatic carbocycles. The summed E-state index contributed by atoms with van der Waals surface area (Å²) >= 11 is 0. The van der Waals surface area contributed by atoms with Gasteiger partial charge in [-0.2, -0.15) is 0 Å². The molecule has 1 aliphatic rings. The van der Waals surface area contributed by atoms with Crippen molar-refractivity contribution in [1.82, 2.24) is 4.90 Å². The van der Waals surface area contributed by atoms with Gasteiger partial charge in [0.2, 0.25) is 0 Å². The van der Waals surface area contributed by atoms with Crippen molar-refractivity contribution >= 4 is 10.8 Å². The maximum absolute atomic E-state index is 6.61. The number of hydrogen-bond donors (Lipinski definition) is 0. The summed E-state index contributed by atoms with van der Waals surface area (Å²) in [5.74, 6) is 3.84. The summed E-state index contributed by atoms with van der Waals surface area (Å²) in [6.07, 6.45) is 4.02. The van der Waals surface area contributed by atoms with E-state index < -0.39 is 0 Å². The van der Waals surface area contributed by atoms with Crippen LogP contribution < -0.4 is 14.2 Å². The molecule has 0 N–H and O–H groups in total. The minimum atomic E-state index is 0.497. The molecule has 4 aromatic rings. The smallest absolute Gasteiger partial charge is 0.143 e. The van der Waals surface area contributed by atoms with Crippen molar-refractivity contribution in [1.29, 1.82) is 0 Å². The summed E-state index contributed by atoms with van der Waals surface area (Å²) < 4.78 is 17.4. The Morgan fingerprint density at radius 2 is 1.39 bits per heavy atom. The number of benzene rings is 4. The zero-order valence-corrected chi connectivity index (χ0v) is 21.5. The fourth-order valence-electron chi connectivity index (χ4n) is 5.13. The summed E-state index contributed by atoms with van der Waals surface area (Å²) in [6, 6.07) is 27.1. The lowest BCUT2D eigenvalue weighted by Gasteiger charge is -2.29. The number of methoxy groups -OCH3 is 2. The summed E-state index contributed by atoms with van der Waals surface area (Å²) in [4.78, 5) is 2.60. The van der Waals surface area contributed by atoms with Crippen molar-refractivity contribution < 1.29 is 14.2 Å². The molecule has 0 spiro atoms. The summed E-state index contributed by atoms with van der Waals surface area (Å²) in [5.41, 5.74) is 3.47. The molecule has 0 amide bonds. The lowest BCUT2D eigenvalue weighted by molar-refractivity contribution is 0.219. The molecule has 5 rings (SSSR count). The van der Waals surface area contributed by atoms with E-state index in [1.54, 1.807) is 14.2 Å². The number of nitrogens with zero attached hydrogens (tertiary/aromatic N) is 1. The van der Waals surface area contributed by atoms with Gasteiger partial charge in [-0.05, 0) is 96.9 Å². The number of hydrogen-bond acceptors (Lipinski definition) is 4. The Kier molecular flexibility index (Phi) is 7.43. The van der Waals surface area contributed by atoms with Gasteiger partial charge in [-0.3, -0.25) is 0 Å². The van der Waals surface area contributed by atoms with Gasteiger partial charge >= 0.3 is 0 Å². The van der Waals surface area contributed by atoms with Crippen LogP contribution in [0.2, 0.25) is 0 Å². The molecular weight excluding hydrogens is 446 g/mol. The molecule has 1 heterocycles. The minimum absolute atomic E-state index is 0.497. The Morgan fingerprint density at radius 3 is 2.08 bits per heavy atom. The standard InChI is InChI=1S/C32H35NO3/c1-23(22-33-19-5-4-6-20-33)24-7-14-28(15-8-24)36-32-30(25-9-12-27(34-2)13-10-25)17-11-26-21-29(35-3)16-18-31(26)32/h7-18,21,23H,4-6,19-20,22H2,1-3H3. The molecule has 0 aliphatic carbocycles. The Morgan fingerprint density at radius 1 is 0.722 bits per heavy atom. The van der Waals surface area contributed by atoms with Crippen LogP contribution in [0.25, 0.3) is 21.9 Å². The zero-order valence-electron chi connectivity index (χ0n) is 21.5. The SMILES string of the molecule is COc1ccc(-c2ccc3cc(OC)ccc3c2Oc2ccc(C(C)CN3CCCCC3)cc2)cc1. The Bertz CT molecular complexity index is 1290. The topological polar surface area (TPSA) is 30.9 Å². The molecule has 1 aliphatic heterocycles. The molecular formula is C32H35NO3. The Balaban J connectivity index is 1.45. The lowest BCUT2D eigenvalue weighted by Crippen LogP contribution is -2.32. The van der Waals surface area contributed by atoms with Crippen LogP contribution >= 0.6 is 0 Å². The molecule has 4 heteroatoms. The largest absolute Gasteiger partial charge is 0.497 e. The van der Waals surface area contributed by atoms with Crippen LogP contribution in [-0.2, 0) is 0 Å². The quantitative estimate of drug-likeness (QED) is 0.256. The molecule has 1 saturated heterocycles. The second kappa shape index (κ2) is 11.0. The van der Waals surface area contributed by atoms with Crippen molar-refractivity contribution in [2.45, 2.75) is 32.1 Å². The van der Waals surface area contributed by atoms with Gasteiger partial charge in [0.15, 0.2) is 0 Å². The first-order valence-corrected chi connectivity index (χ1v) is 12.9. The highest BCUT2D eigenvalue weighted by molar-refractivity contribution is 5.96. The van der Waals surface area contributed by atoms with E-state index in [0.29, 0.717) is 5.92 Å². The first kappa shape index (κ1) is 24.2. The van der Waals surface area contributed by atoms with Crippen LogP contribution in [0.3, 0.4) is 0 Å². The van der Waals surface area contributed by atoms with E-state index in [4.69, 9.17) is 14.2 Å². The number of piperidine rings is 1. The van der Waals surface area contributed by atoms with Gasteiger partial charge in [-0.15, -0.1) is 0 Å². The normalized spacial score (nSPS) is 15.0. The molecule has 0 radical (unpaired) electrons. The fraction of sp³-hybridized carbons (Fsp3) is 0.312. The summed E-state index contributed by atoms with van der Waals surface area (Å²) in [6.45, 7) is 5.90. The third-order valence-electron chi connectivity index (χ3n) is 7.23. The number of likely N-dealkylation sites (tertiary alicyclic amines) is 1. The van der Waals surface area contributed by atoms with Crippen LogP contribution in [0.1, 0.15) is 37.7 Å². The molecule has 36 heavy (non-hydrogen) atoms. The molecule has 1 atom stereocenters. The maximum Gasteiger partial charge on any atom is 0.143 e. The van der Waals surface area contributed by atoms with E-state index in [2.05, 4.69) is 66.4 Å². The highest BCUT2D eigenvalue weighted by atomic mass is 16.5. The van der Waals surface area contributed by atoms with E-state index >= 15 is 0 Å². The number of fused-ring (bicyclic) bond motifs is 1. The second-order valence-electron chi connectivity index (χ2n) is 9.69. The maximum atomic E-state index is 6.61. The van der Waals surface area contributed by atoms with Gasteiger partial charge in [0, 0.05) is 17.5 Å². The first-order valence-electron chi connectivity index (χ1n) is 12.9. The number of rotatable bonds is 8. The van der Waals surface area contributed by atoms with Crippen LogP contribution in [0.15, 0.2) is 78.9 Å². The summed E-state index contributed by atoms with van der Waals surface area (Å²) in [5, 5.41) is 2.13. The van der Waals surface area contributed by atoms with Crippen LogP contribution in [0, 0.1) is 0 Å². The van der Waals surface area contributed by atoms with Gasteiger partial charge in [0.05, 0.1) is 14.2 Å². The zero-order chi connectivity index (χ0) is 24.9. The molecule has 0 aromatic heterocycles. The van der Waals surface area contributed by atoms with Crippen molar-refractivity contribution in [3.8, 4) is 34.1 Å². The Labute approximate surface area is 214 Å². The minimum Gasteiger partial charge on any atom is -0.497 e. The van der Waals surface area contributed by atoms with Gasteiger partial charge in [-0.1, -0.05) is 43.7 Å². The van der Waals surface area contributed by atoms with Crippen molar-refractivity contribution in [2.24, 2.45) is 0 Å². The van der Waals surface area contributed by atoms with Gasteiger partial charge in [0.25, 0.3) is 0 Å². The predicted octanol–water partition coefficient (Wildman–Crippen LogP) is 7.91. The molecule has 0 saturated carbocycles. The van der Waals surface area contributed by atoms with E-state index in [1.807, 2.05) is 24.3 Å². The van der Waals surface area contributed by atoms with Crippen molar-refractivity contribution in [2.75, 3.05) is 33.9 Å².